The Morgan fingerprint density at radius 1 is 1.58 bits per heavy atom. The van der Waals surface area contributed by atoms with Gasteiger partial charge < -0.3 is 5.73 Å². The van der Waals surface area contributed by atoms with Gasteiger partial charge in [0.2, 0.25) is 0 Å². The summed E-state index contributed by atoms with van der Waals surface area (Å²) < 4.78 is 0.844. The van der Waals surface area contributed by atoms with Crippen LogP contribution in [0, 0.1) is 5.92 Å². The van der Waals surface area contributed by atoms with E-state index in [1.807, 2.05) is 12.1 Å². The normalized spacial score (nSPS) is 19.5. The summed E-state index contributed by atoms with van der Waals surface area (Å²) in [7, 11) is 0. The number of thiophene rings is 1. The molecular weight excluding hydrogens is 190 g/mol. The summed E-state index contributed by atoms with van der Waals surface area (Å²) in [5, 5.41) is 0. The Morgan fingerprint density at radius 2 is 2.33 bits per heavy atom. The lowest BCUT2D eigenvalue weighted by Gasteiger charge is -2.06. The Kier molecular flexibility index (Phi) is 2.40. The van der Waals surface area contributed by atoms with E-state index in [2.05, 4.69) is 0 Å². The quantitative estimate of drug-likeness (QED) is 0.799. The third-order valence-electron chi connectivity index (χ3n) is 2.24. The van der Waals surface area contributed by atoms with Gasteiger partial charge in [-0.3, -0.25) is 0 Å². The minimum atomic E-state index is 0.218. The van der Waals surface area contributed by atoms with Gasteiger partial charge in [-0.2, -0.15) is 0 Å². The number of halogens is 1. The van der Waals surface area contributed by atoms with Crippen LogP contribution in [-0.4, -0.2) is 0 Å². The van der Waals surface area contributed by atoms with Crippen molar-refractivity contribution in [3.05, 3.63) is 21.3 Å². The fraction of sp³-hybridized carbons (Fsp3) is 0.556. The van der Waals surface area contributed by atoms with Crippen LogP contribution in [0.3, 0.4) is 0 Å². The van der Waals surface area contributed by atoms with Crippen molar-refractivity contribution < 1.29 is 0 Å². The van der Waals surface area contributed by atoms with Gasteiger partial charge in [-0.05, 0) is 24.5 Å². The maximum atomic E-state index is 6.00. The molecule has 3 heteroatoms. The number of hydrogen-bond donors (Lipinski definition) is 1. The van der Waals surface area contributed by atoms with E-state index in [0.29, 0.717) is 0 Å². The van der Waals surface area contributed by atoms with Crippen LogP contribution in [0.2, 0.25) is 4.34 Å². The monoisotopic (exact) mass is 201 g/mol. The molecule has 1 aromatic rings. The van der Waals surface area contributed by atoms with Gasteiger partial charge in [0.1, 0.15) is 0 Å². The van der Waals surface area contributed by atoms with Gasteiger partial charge in [0, 0.05) is 10.9 Å². The lowest BCUT2D eigenvalue weighted by molar-refractivity contribution is 0.605. The predicted octanol–water partition coefficient (Wildman–Crippen LogP) is 3.20. The molecule has 1 nitrogen and oxygen atoms in total. The van der Waals surface area contributed by atoms with Gasteiger partial charge in [0.25, 0.3) is 0 Å². The van der Waals surface area contributed by atoms with Crippen LogP contribution in [-0.2, 0) is 0 Å². The summed E-state index contributed by atoms with van der Waals surface area (Å²) in [6, 6.07) is 4.18. The van der Waals surface area contributed by atoms with Gasteiger partial charge in [-0.1, -0.05) is 24.4 Å². The molecule has 66 valence electrons. The lowest BCUT2D eigenvalue weighted by atomic mass is 10.1. The Labute approximate surface area is 81.5 Å². The van der Waals surface area contributed by atoms with Crippen LogP contribution in [0.4, 0.5) is 0 Å². The van der Waals surface area contributed by atoms with Crippen molar-refractivity contribution in [3.63, 3.8) is 0 Å². The summed E-state index contributed by atoms with van der Waals surface area (Å²) in [6.07, 6.45) is 3.87. The molecular formula is C9H12ClNS. The highest BCUT2D eigenvalue weighted by atomic mass is 35.5. The first kappa shape index (κ1) is 8.54. The summed E-state index contributed by atoms with van der Waals surface area (Å²) in [4.78, 5) is 1.23. The molecule has 1 aliphatic carbocycles. The largest absolute Gasteiger partial charge is 0.323 e. The van der Waals surface area contributed by atoms with Crippen LogP contribution in [0.15, 0.2) is 12.1 Å². The van der Waals surface area contributed by atoms with Crippen LogP contribution < -0.4 is 5.73 Å². The Hall–Kier alpha value is -0.0500. The molecule has 1 atom stereocenters. The molecule has 1 fully saturated rings. The molecule has 0 saturated heterocycles. The highest BCUT2D eigenvalue weighted by Gasteiger charge is 2.24. The molecule has 1 aromatic heterocycles. The lowest BCUT2D eigenvalue weighted by Crippen LogP contribution is -2.08. The molecule has 0 spiro atoms. The Bertz CT molecular complexity index is 267. The van der Waals surface area contributed by atoms with E-state index in [1.165, 1.54) is 17.7 Å². The van der Waals surface area contributed by atoms with Crippen molar-refractivity contribution in [2.45, 2.75) is 25.3 Å². The molecule has 0 aliphatic heterocycles. The average molecular weight is 202 g/mol. The molecule has 0 unspecified atom stereocenters. The van der Waals surface area contributed by atoms with Crippen molar-refractivity contribution in [1.29, 1.82) is 0 Å². The fourth-order valence-corrected chi connectivity index (χ4v) is 2.43. The highest BCUT2D eigenvalue weighted by molar-refractivity contribution is 7.16. The SMILES string of the molecule is N[C@@H](CC1CC1)c1ccc(Cl)s1. The molecule has 12 heavy (non-hydrogen) atoms. The third-order valence-corrected chi connectivity index (χ3v) is 3.61. The minimum Gasteiger partial charge on any atom is -0.323 e. The minimum absolute atomic E-state index is 0.218. The first-order valence-electron chi connectivity index (χ1n) is 4.26. The van der Waals surface area contributed by atoms with Gasteiger partial charge in [-0.25, -0.2) is 0 Å². The van der Waals surface area contributed by atoms with Crippen molar-refractivity contribution in [2.75, 3.05) is 0 Å². The molecule has 2 N–H and O–H groups in total. The second-order valence-corrected chi connectivity index (χ2v) is 5.17. The summed E-state index contributed by atoms with van der Waals surface area (Å²) >= 11 is 7.43. The van der Waals surface area contributed by atoms with Gasteiger partial charge in [0.15, 0.2) is 0 Å². The fourth-order valence-electron chi connectivity index (χ4n) is 1.36. The molecule has 0 aromatic carbocycles. The van der Waals surface area contributed by atoms with Crippen molar-refractivity contribution in [2.24, 2.45) is 11.7 Å². The van der Waals surface area contributed by atoms with Crippen LogP contribution >= 0.6 is 22.9 Å². The molecule has 1 saturated carbocycles. The van der Waals surface area contributed by atoms with Crippen molar-refractivity contribution in [3.8, 4) is 0 Å². The molecule has 0 amide bonds. The van der Waals surface area contributed by atoms with Crippen LogP contribution in [0.25, 0.3) is 0 Å². The van der Waals surface area contributed by atoms with Crippen LogP contribution in [0.1, 0.15) is 30.2 Å². The van der Waals surface area contributed by atoms with Gasteiger partial charge in [0.05, 0.1) is 4.34 Å². The second-order valence-electron chi connectivity index (χ2n) is 3.43. The smallest absolute Gasteiger partial charge is 0.0931 e. The van der Waals surface area contributed by atoms with E-state index < -0.39 is 0 Å². The maximum absolute atomic E-state index is 6.00. The highest BCUT2D eigenvalue weighted by Crippen LogP contribution is 2.38. The van der Waals surface area contributed by atoms with Gasteiger partial charge in [-0.15, -0.1) is 11.3 Å². The topological polar surface area (TPSA) is 26.0 Å². The molecule has 0 bridgehead atoms. The van der Waals surface area contributed by atoms with Crippen LogP contribution in [0.5, 0.6) is 0 Å². The van der Waals surface area contributed by atoms with E-state index in [4.69, 9.17) is 17.3 Å². The van der Waals surface area contributed by atoms with E-state index in [9.17, 15) is 0 Å². The zero-order valence-electron chi connectivity index (χ0n) is 6.79. The first-order chi connectivity index (χ1) is 5.75. The van der Waals surface area contributed by atoms with E-state index in [0.717, 1.165) is 16.7 Å². The third kappa shape index (κ3) is 2.00. The summed E-state index contributed by atoms with van der Waals surface area (Å²) in [6.45, 7) is 0. The second kappa shape index (κ2) is 3.36. The summed E-state index contributed by atoms with van der Waals surface area (Å²) in [5.41, 5.74) is 6.00. The van der Waals surface area contributed by atoms with Crippen molar-refractivity contribution in [1.82, 2.24) is 0 Å². The predicted molar refractivity (Wildman–Crippen MR) is 53.6 cm³/mol. The number of hydrogen-bond acceptors (Lipinski definition) is 2. The zero-order valence-corrected chi connectivity index (χ0v) is 8.37. The van der Waals surface area contributed by atoms with E-state index in [1.54, 1.807) is 11.3 Å². The van der Waals surface area contributed by atoms with Gasteiger partial charge >= 0.3 is 0 Å². The molecule has 1 aliphatic rings. The van der Waals surface area contributed by atoms with E-state index >= 15 is 0 Å². The Balaban J connectivity index is 1.97. The zero-order chi connectivity index (χ0) is 8.55. The molecule has 2 rings (SSSR count). The number of rotatable bonds is 3. The number of nitrogens with two attached hydrogens (primary N) is 1. The first-order valence-corrected chi connectivity index (χ1v) is 5.46. The molecule has 0 radical (unpaired) electrons. The standard InChI is InChI=1S/C9H12ClNS/c10-9-4-3-8(12-9)7(11)5-6-1-2-6/h3-4,6-7H,1-2,5,11H2/t7-/m0/s1. The average Bonchev–Trinajstić information content (AvgIpc) is 2.72. The van der Waals surface area contributed by atoms with Crippen molar-refractivity contribution >= 4 is 22.9 Å². The van der Waals surface area contributed by atoms with E-state index in [-0.39, 0.29) is 6.04 Å². The maximum Gasteiger partial charge on any atom is 0.0931 e. The molecule has 1 heterocycles. The Morgan fingerprint density at radius 3 is 2.83 bits per heavy atom. The summed E-state index contributed by atoms with van der Waals surface area (Å²) in [5.74, 6) is 0.890.